The van der Waals surface area contributed by atoms with Gasteiger partial charge in [-0.3, -0.25) is 0 Å². The molecule has 14 heavy (non-hydrogen) atoms. The number of nitrogens with two attached hydrogens (primary N) is 1. The van der Waals surface area contributed by atoms with Gasteiger partial charge < -0.3 is 15.6 Å². The number of carboxylic acid groups (broad SMARTS) is 1. The largest absolute Gasteiger partial charge is 0.479 e. The number of aliphatic carboxylic acids is 1. The molecule has 0 aromatic rings. The van der Waals surface area contributed by atoms with Crippen molar-refractivity contribution in [1.82, 2.24) is 0 Å². The average Bonchev–Trinajstić information content (AvgIpc) is 2.19. The molecule has 1 aliphatic carbocycles. The molecule has 0 radical (unpaired) electrons. The van der Waals surface area contributed by atoms with Gasteiger partial charge in [0.2, 0.25) is 0 Å². The molecule has 3 N–H and O–H groups in total. The second kappa shape index (κ2) is 4.75. The van der Waals surface area contributed by atoms with Gasteiger partial charge in [-0.1, -0.05) is 19.3 Å². The normalized spacial score (nSPS) is 23.0. The Morgan fingerprint density at radius 3 is 2.50 bits per heavy atom. The molecule has 1 fully saturated rings. The molecule has 0 heterocycles. The first-order valence-corrected chi connectivity index (χ1v) is 5.20. The van der Waals surface area contributed by atoms with E-state index in [0.29, 0.717) is 6.54 Å². The summed E-state index contributed by atoms with van der Waals surface area (Å²) in [5.74, 6) is -0.914. The first-order valence-electron chi connectivity index (χ1n) is 5.20. The van der Waals surface area contributed by atoms with Crippen LogP contribution >= 0.6 is 0 Å². The van der Waals surface area contributed by atoms with E-state index in [-0.39, 0.29) is 5.60 Å². The van der Waals surface area contributed by atoms with Gasteiger partial charge in [0.1, 0.15) is 0 Å². The maximum Gasteiger partial charge on any atom is 0.332 e. The summed E-state index contributed by atoms with van der Waals surface area (Å²) in [7, 11) is 0. The van der Waals surface area contributed by atoms with Crippen LogP contribution in [0.25, 0.3) is 0 Å². The van der Waals surface area contributed by atoms with Crippen LogP contribution in [0.15, 0.2) is 0 Å². The molecular weight excluding hydrogens is 182 g/mol. The first-order chi connectivity index (χ1) is 6.59. The molecule has 0 amide bonds. The van der Waals surface area contributed by atoms with E-state index in [2.05, 4.69) is 0 Å². The van der Waals surface area contributed by atoms with Crippen LogP contribution in [0.2, 0.25) is 0 Å². The molecule has 1 unspecified atom stereocenters. The number of carboxylic acids is 1. The van der Waals surface area contributed by atoms with E-state index >= 15 is 0 Å². The Hall–Kier alpha value is -0.610. The van der Waals surface area contributed by atoms with E-state index in [1.54, 1.807) is 6.92 Å². The second-order valence-electron chi connectivity index (χ2n) is 4.05. The van der Waals surface area contributed by atoms with Gasteiger partial charge in [0.15, 0.2) is 6.10 Å². The van der Waals surface area contributed by atoms with Gasteiger partial charge >= 0.3 is 5.97 Å². The number of hydrogen-bond donors (Lipinski definition) is 2. The van der Waals surface area contributed by atoms with Crippen LogP contribution in [0.1, 0.15) is 39.0 Å². The van der Waals surface area contributed by atoms with Crippen LogP contribution in [-0.2, 0) is 9.53 Å². The van der Waals surface area contributed by atoms with Crippen molar-refractivity contribution in [2.45, 2.75) is 50.7 Å². The van der Waals surface area contributed by atoms with Crippen molar-refractivity contribution < 1.29 is 14.6 Å². The predicted octanol–water partition coefficient (Wildman–Crippen LogP) is 1.14. The Kier molecular flexibility index (Phi) is 3.89. The summed E-state index contributed by atoms with van der Waals surface area (Å²) in [5.41, 5.74) is 5.29. The van der Waals surface area contributed by atoms with Crippen molar-refractivity contribution in [2.24, 2.45) is 5.73 Å². The van der Waals surface area contributed by atoms with Gasteiger partial charge in [-0.25, -0.2) is 4.79 Å². The lowest BCUT2D eigenvalue weighted by Gasteiger charge is -2.37. The van der Waals surface area contributed by atoms with E-state index in [1.807, 2.05) is 0 Å². The lowest BCUT2D eigenvalue weighted by molar-refractivity contribution is -0.165. The Labute approximate surface area is 84.4 Å². The van der Waals surface area contributed by atoms with E-state index in [1.165, 1.54) is 6.42 Å². The van der Waals surface area contributed by atoms with Crippen molar-refractivity contribution in [1.29, 1.82) is 0 Å². The van der Waals surface area contributed by atoms with Crippen molar-refractivity contribution in [3.63, 3.8) is 0 Å². The van der Waals surface area contributed by atoms with Gasteiger partial charge in [-0.2, -0.15) is 0 Å². The van der Waals surface area contributed by atoms with Gasteiger partial charge in [-0.15, -0.1) is 0 Å². The Balaban J connectivity index is 2.55. The van der Waals surface area contributed by atoms with E-state index in [9.17, 15) is 4.79 Å². The van der Waals surface area contributed by atoms with Gasteiger partial charge in [-0.05, 0) is 19.8 Å². The third kappa shape index (κ3) is 2.69. The average molecular weight is 201 g/mol. The molecule has 0 aliphatic heterocycles. The minimum Gasteiger partial charge on any atom is -0.479 e. The summed E-state index contributed by atoms with van der Waals surface area (Å²) in [6.07, 6.45) is 4.40. The SMILES string of the molecule is CC(OC1(CN)CCCCC1)C(=O)O. The third-order valence-electron chi connectivity index (χ3n) is 2.91. The minimum atomic E-state index is -0.914. The highest BCUT2D eigenvalue weighted by Crippen LogP contribution is 2.31. The molecule has 0 bridgehead atoms. The number of ether oxygens (including phenoxy) is 1. The van der Waals surface area contributed by atoms with Crippen LogP contribution in [-0.4, -0.2) is 29.3 Å². The summed E-state index contributed by atoms with van der Waals surface area (Å²) >= 11 is 0. The Morgan fingerprint density at radius 2 is 2.07 bits per heavy atom. The van der Waals surface area contributed by atoms with Crippen molar-refractivity contribution >= 4 is 5.97 Å². The van der Waals surface area contributed by atoms with Crippen molar-refractivity contribution in [3.05, 3.63) is 0 Å². The molecule has 4 heteroatoms. The number of carbonyl (C=O) groups is 1. The maximum absolute atomic E-state index is 10.7. The van der Waals surface area contributed by atoms with Crippen LogP contribution in [0.3, 0.4) is 0 Å². The molecule has 4 nitrogen and oxygen atoms in total. The zero-order chi connectivity index (χ0) is 10.6. The van der Waals surface area contributed by atoms with Gasteiger partial charge in [0.25, 0.3) is 0 Å². The zero-order valence-corrected chi connectivity index (χ0v) is 8.66. The molecule has 1 aliphatic rings. The fourth-order valence-corrected chi connectivity index (χ4v) is 1.99. The summed E-state index contributed by atoms with van der Waals surface area (Å²) in [4.78, 5) is 10.7. The van der Waals surface area contributed by atoms with Crippen molar-refractivity contribution in [2.75, 3.05) is 6.54 Å². The van der Waals surface area contributed by atoms with Gasteiger partial charge in [0, 0.05) is 6.54 Å². The van der Waals surface area contributed by atoms with E-state index < -0.39 is 12.1 Å². The standard InChI is InChI=1S/C10H19NO3/c1-8(9(12)13)14-10(7-11)5-3-2-4-6-10/h8H,2-7,11H2,1H3,(H,12,13). The fraction of sp³-hybridized carbons (Fsp3) is 0.900. The summed E-state index contributed by atoms with van der Waals surface area (Å²) in [6, 6.07) is 0. The van der Waals surface area contributed by atoms with Crippen LogP contribution < -0.4 is 5.73 Å². The van der Waals surface area contributed by atoms with Gasteiger partial charge in [0.05, 0.1) is 5.60 Å². The monoisotopic (exact) mass is 201 g/mol. The molecule has 0 aromatic carbocycles. The minimum absolute atomic E-state index is 0.379. The molecular formula is C10H19NO3. The summed E-state index contributed by atoms with van der Waals surface area (Å²) < 4.78 is 5.56. The second-order valence-corrected chi connectivity index (χ2v) is 4.05. The predicted molar refractivity (Wildman–Crippen MR) is 53.1 cm³/mol. The molecule has 0 spiro atoms. The summed E-state index contributed by atoms with van der Waals surface area (Å²) in [6.45, 7) is 1.99. The molecule has 0 aromatic heterocycles. The Morgan fingerprint density at radius 1 is 1.50 bits per heavy atom. The summed E-state index contributed by atoms with van der Waals surface area (Å²) in [5, 5.41) is 8.76. The number of rotatable bonds is 4. The Bertz CT molecular complexity index is 200. The highest BCUT2D eigenvalue weighted by molar-refractivity contribution is 5.71. The van der Waals surface area contributed by atoms with Crippen molar-refractivity contribution in [3.8, 4) is 0 Å². The third-order valence-corrected chi connectivity index (χ3v) is 2.91. The molecule has 1 atom stereocenters. The highest BCUT2D eigenvalue weighted by Gasteiger charge is 2.34. The quantitative estimate of drug-likeness (QED) is 0.715. The topological polar surface area (TPSA) is 72.5 Å². The highest BCUT2D eigenvalue weighted by atomic mass is 16.5. The fourth-order valence-electron chi connectivity index (χ4n) is 1.99. The lowest BCUT2D eigenvalue weighted by atomic mass is 9.84. The van der Waals surface area contributed by atoms with E-state index in [0.717, 1.165) is 25.7 Å². The smallest absolute Gasteiger partial charge is 0.332 e. The zero-order valence-electron chi connectivity index (χ0n) is 8.66. The number of hydrogen-bond acceptors (Lipinski definition) is 3. The molecule has 1 rings (SSSR count). The molecule has 82 valence electrons. The maximum atomic E-state index is 10.7. The molecule has 1 saturated carbocycles. The van der Waals surface area contributed by atoms with Crippen LogP contribution in [0.4, 0.5) is 0 Å². The first kappa shape index (κ1) is 11.5. The van der Waals surface area contributed by atoms with Crippen LogP contribution in [0.5, 0.6) is 0 Å². The van der Waals surface area contributed by atoms with Crippen LogP contribution in [0, 0.1) is 0 Å². The molecule has 0 saturated heterocycles. The lowest BCUT2D eigenvalue weighted by Crippen LogP contribution is -2.46. The van der Waals surface area contributed by atoms with E-state index in [4.69, 9.17) is 15.6 Å².